The fourth-order valence-corrected chi connectivity index (χ4v) is 1.96. The molecule has 0 aromatic rings. The number of hydrogen-bond donors (Lipinski definition) is 1. The zero-order valence-corrected chi connectivity index (χ0v) is 14.0. The van der Waals surface area contributed by atoms with Crippen molar-refractivity contribution in [2.75, 3.05) is 13.2 Å². The maximum atomic E-state index is 9.70. The minimum Gasteiger partial charge on any atom is -0.389 e. The lowest BCUT2D eigenvalue weighted by Gasteiger charge is -2.03. The zero-order valence-electron chi connectivity index (χ0n) is 14.0. The van der Waals surface area contributed by atoms with Crippen LogP contribution in [0.1, 0.15) is 65.2 Å². The van der Waals surface area contributed by atoms with E-state index in [1.54, 1.807) is 0 Å². The third kappa shape index (κ3) is 17.1. The lowest BCUT2D eigenvalue weighted by atomic mass is 10.1. The molecule has 0 rings (SSSR count). The molecule has 0 spiro atoms. The number of allylic oxidation sites excluding steroid dienone is 4. The van der Waals surface area contributed by atoms with E-state index in [0.717, 1.165) is 38.9 Å². The normalized spacial score (nSPS) is 13.9. The molecule has 0 unspecified atom stereocenters. The molecule has 0 heterocycles. The molecule has 2 heteroatoms. The quantitative estimate of drug-likeness (QED) is 0.271. The molecule has 0 aromatic carbocycles. The van der Waals surface area contributed by atoms with Crippen LogP contribution in [0.5, 0.6) is 0 Å². The van der Waals surface area contributed by atoms with Gasteiger partial charge in [0.2, 0.25) is 0 Å². The zero-order chi connectivity index (χ0) is 15.6. The molecule has 0 fully saturated rings. The highest BCUT2D eigenvalue weighted by molar-refractivity contribution is 5.04. The highest BCUT2D eigenvalue weighted by atomic mass is 16.5. The first-order valence-electron chi connectivity index (χ1n) is 8.55. The average molecular weight is 294 g/mol. The number of rotatable bonds is 14. The molecule has 2 nitrogen and oxygen atoms in total. The second-order valence-corrected chi connectivity index (χ2v) is 5.29. The lowest BCUT2D eigenvalue weighted by molar-refractivity contribution is 0.177. The molecule has 0 saturated heterocycles. The first kappa shape index (κ1) is 20.1. The summed E-state index contributed by atoms with van der Waals surface area (Å²) in [6, 6.07) is 0. The van der Waals surface area contributed by atoms with Crippen molar-refractivity contribution in [1.82, 2.24) is 0 Å². The minimum atomic E-state index is -0.281. The van der Waals surface area contributed by atoms with Crippen molar-refractivity contribution >= 4 is 0 Å². The second-order valence-electron chi connectivity index (χ2n) is 5.29. The third-order valence-electron chi connectivity index (χ3n) is 3.26. The fourth-order valence-electron chi connectivity index (χ4n) is 1.96. The topological polar surface area (TPSA) is 29.5 Å². The van der Waals surface area contributed by atoms with E-state index in [1.165, 1.54) is 25.7 Å². The summed E-state index contributed by atoms with van der Waals surface area (Å²) in [6.07, 6.45) is 21.2. The van der Waals surface area contributed by atoms with Crippen LogP contribution in [0.2, 0.25) is 0 Å². The smallest absolute Gasteiger partial charge is 0.0723 e. The molecule has 1 atom stereocenters. The SMILES string of the molecule is CCCCC[C@H](O)/C=C/C=C\CCCC/C=C\COCC. The monoisotopic (exact) mass is 294 g/mol. The predicted octanol–water partition coefficient (Wildman–Crippen LogP) is 5.19. The van der Waals surface area contributed by atoms with Crippen LogP contribution in [0.3, 0.4) is 0 Å². The first-order valence-corrected chi connectivity index (χ1v) is 8.55. The third-order valence-corrected chi connectivity index (χ3v) is 3.26. The van der Waals surface area contributed by atoms with Crippen molar-refractivity contribution in [2.24, 2.45) is 0 Å². The molecule has 0 radical (unpaired) electrons. The van der Waals surface area contributed by atoms with Gasteiger partial charge in [0.25, 0.3) is 0 Å². The standard InChI is InChI=1S/C19H34O2/c1-3-5-13-16-19(20)17-14-11-9-7-6-8-10-12-15-18-21-4-2/h9,11-12,14-15,17,19-20H,3-8,10,13,16,18H2,1-2H3/b11-9-,15-12-,17-14+/t19-/m0/s1. The molecular weight excluding hydrogens is 260 g/mol. The number of hydrogen-bond acceptors (Lipinski definition) is 2. The van der Waals surface area contributed by atoms with Gasteiger partial charge in [0, 0.05) is 6.61 Å². The van der Waals surface area contributed by atoms with Gasteiger partial charge in [-0.1, -0.05) is 62.6 Å². The highest BCUT2D eigenvalue weighted by Gasteiger charge is 1.96. The molecule has 1 N–H and O–H groups in total. The van der Waals surface area contributed by atoms with E-state index in [4.69, 9.17) is 4.74 Å². The Bertz CT molecular complexity index is 279. The van der Waals surface area contributed by atoms with Gasteiger partial charge in [-0.05, 0) is 39.0 Å². The highest BCUT2D eigenvalue weighted by Crippen LogP contribution is 2.05. The van der Waals surface area contributed by atoms with E-state index in [-0.39, 0.29) is 6.10 Å². The fraction of sp³-hybridized carbons (Fsp3) is 0.684. The summed E-state index contributed by atoms with van der Waals surface area (Å²) in [5, 5.41) is 9.70. The van der Waals surface area contributed by atoms with Crippen molar-refractivity contribution in [1.29, 1.82) is 0 Å². The number of unbranched alkanes of at least 4 members (excludes halogenated alkanes) is 5. The van der Waals surface area contributed by atoms with Gasteiger partial charge in [0.1, 0.15) is 0 Å². The summed E-state index contributed by atoms with van der Waals surface area (Å²) in [7, 11) is 0. The molecule has 0 aliphatic carbocycles. The van der Waals surface area contributed by atoms with Crippen LogP contribution in [0, 0.1) is 0 Å². The van der Waals surface area contributed by atoms with Gasteiger partial charge in [-0.3, -0.25) is 0 Å². The maximum Gasteiger partial charge on any atom is 0.0723 e. The summed E-state index contributed by atoms with van der Waals surface area (Å²) >= 11 is 0. The van der Waals surface area contributed by atoms with Gasteiger partial charge < -0.3 is 9.84 Å². The summed E-state index contributed by atoms with van der Waals surface area (Å²) in [5.41, 5.74) is 0. The van der Waals surface area contributed by atoms with Crippen LogP contribution in [0.4, 0.5) is 0 Å². The van der Waals surface area contributed by atoms with E-state index in [2.05, 4.69) is 25.2 Å². The Morgan fingerprint density at radius 1 is 0.905 bits per heavy atom. The van der Waals surface area contributed by atoms with E-state index >= 15 is 0 Å². The van der Waals surface area contributed by atoms with Gasteiger partial charge in [0.15, 0.2) is 0 Å². The molecule has 0 aromatic heterocycles. The Hall–Kier alpha value is -0.860. The first-order chi connectivity index (χ1) is 10.3. The van der Waals surface area contributed by atoms with E-state index in [1.807, 2.05) is 25.2 Å². The van der Waals surface area contributed by atoms with Gasteiger partial charge in [0.05, 0.1) is 12.7 Å². The number of aliphatic hydroxyl groups excluding tert-OH is 1. The van der Waals surface area contributed by atoms with Crippen molar-refractivity contribution in [2.45, 2.75) is 71.3 Å². The van der Waals surface area contributed by atoms with Gasteiger partial charge in [-0.2, -0.15) is 0 Å². The maximum absolute atomic E-state index is 9.70. The Kier molecular flexibility index (Phi) is 16.5. The van der Waals surface area contributed by atoms with Crippen molar-refractivity contribution in [3.8, 4) is 0 Å². The molecule has 122 valence electrons. The summed E-state index contributed by atoms with van der Waals surface area (Å²) < 4.78 is 5.23. The van der Waals surface area contributed by atoms with Crippen LogP contribution >= 0.6 is 0 Å². The molecule has 0 saturated carbocycles. The average Bonchev–Trinajstić information content (AvgIpc) is 2.48. The van der Waals surface area contributed by atoms with Crippen LogP contribution < -0.4 is 0 Å². The predicted molar refractivity (Wildman–Crippen MR) is 92.5 cm³/mol. The number of ether oxygens (including phenoxy) is 1. The molecule has 21 heavy (non-hydrogen) atoms. The summed E-state index contributed by atoms with van der Waals surface area (Å²) in [6.45, 7) is 5.72. The van der Waals surface area contributed by atoms with Gasteiger partial charge in [-0.25, -0.2) is 0 Å². The Morgan fingerprint density at radius 2 is 1.67 bits per heavy atom. The largest absolute Gasteiger partial charge is 0.389 e. The van der Waals surface area contributed by atoms with Crippen LogP contribution in [-0.2, 0) is 4.74 Å². The minimum absolute atomic E-state index is 0.281. The molecule has 0 aliphatic rings. The second kappa shape index (κ2) is 17.2. The summed E-state index contributed by atoms with van der Waals surface area (Å²) in [5.74, 6) is 0. The van der Waals surface area contributed by atoms with Crippen molar-refractivity contribution in [3.05, 3.63) is 36.5 Å². The number of aliphatic hydroxyl groups is 1. The van der Waals surface area contributed by atoms with E-state index in [9.17, 15) is 5.11 Å². The van der Waals surface area contributed by atoms with Gasteiger partial charge >= 0.3 is 0 Å². The lowest BCUT2D eigenvalue weighted by Crippen LogP contribution is -2.00. The molecule has 0 bridgehead atoms. The Labute approximate surface area is 131 Å². The van der Waals surface area contributed by atoms with Crippen molar-refractivity contribution in [3.63, 3.8) is 0 Å². The molecule has 0 aliphatic heterocycles. The van der Waals surface area contributed by atoms with Crippen LogP contribution in [0.15, 0.2) is 36.5 Å². The van der Waals surface area contributed by atoms with Gasteiger partial charge in [-0.15, -0.1) is 0 Å². The van der Waals surface area contributed by atoms with E-state index in [0.29, 0.717) is 0 Å². The van der Waals surface area contributed by atoms with Crippen molar-refractivity contribution < 1.29 is 9.84 Å². The van der Waals surface area contributed by atoms with Crippen LogP contribution in [0.25, 0.3) is 0 Å². The summed E-state index contributed by atoms with van der Waals surface area (Å²) in [4.78, 5) is 0. The van der Waals surface area contributed by atoms with E-state index < -0.39 is 0 Å². The molecule has 0 amide bonds. The molecular formula is C19H34O2. The Morgan fingerprint density at radius 3 is 2.38 bits per heavy atom. The van der Waals surface area contributed by atoms with Crippen LogP contribution in [-0.4, -0.2) is 24.4 Å². The Balaban J connectivity index is 3.41.